The van der Waals surface area contributed by atoms with Gasteiger partial charge in [0, 0.05) is 32.1 Å². The number of imidazole rings is 1. The molecule has 0 unspecified atom stereocenters. The maximum absolute atomic E-state index is 16.0. The predicted molar refractivity (Wildman–Crippen MR) is 138 cm³/mol. The molecule has 198 valence electrons. The quantitative estimate of drug-likeness (QED) is 0.388. The summed E-state index contributed by atoms with van der Waals surface area (Å²) < 4.78 is 21.7. The second-order valence-electron chi connectivity index (χ2n) is 10.3. The Bertz CT molecular complexity index is 1520. The molecular formula is C27H30FN7O3. The first-order chi connectivity index (χ1) is 18.2. The minimum Gasteiger partial charge on any atom is -0.365 e. The van der Waals surface area contributed by atoms with Crippen LogP contribution in [0.4, 0.5) is 4.39 Å². The van der Waals surface area contributed by atoms with Crippen molar-refractivity contribution >= 4 is 22.8 Å². The number of primary amides is 1. The third-order valence-corrected chi connectivity index (χ3v) is 7.42. The van der Waals surface area contributed by atoms with Gasteiger partial charge in [0.1, 0.15) is 22.6 Å². The number of nitrogens with one attached hydrogen (secondary N) is 1. The van der Waals surface area contributed by atoms with E-state index in [9.17, 15) is 9.59 Å². The van der Waals surface area contributed by atoms with Crippen LogP contribution < -0.4 is 5.73 Å². The van der Waals surface area contributed by atoms with Crippen molar-refractivity contribution in [2.45, 2.75) is 45.4 Å². The molecule has 38 heavy (non-hydrogen) atoms. The van der Waals surface area contributed by atoms with Crippen molar-refractivity contribution in [2.24, 2.45) is 17.6 Å². The summed E-state index contributed by atoms with van der Waals surface area (Å²) in [5.74, 6) is -0.577. The number of halogens is 1. The van der Waals surface area contributed by atoms with E-state index >= 15 is 4.39 Å². The maximum Gasteiger partial charge on any atom is 0.274 e. The Morgan fingerprint density at radius 2 is 1.87 bits per heavy atom. The Kier molecular flexibility index (Phi) is 6.68. The number of H-pyrrole nitrogens is 1. The lowest BCUT2D eigenvalue weighted by Gasteiger charge is -2.30. The van der Waals surface area contributed by atoms with Crippen LogP contribution in [-0.2, 0) is 0 Å². The second-order valence-corrected chi connectivity index (χ2v) is 10.3. The number of hydrogen-bond acceptors (Lipinski definition) is 7. The lowest BCUT2D eigenvalue weighted by atomic mass is 9.74. The van der Waals surface area contributed by atoms with E-state index in [0.717, 1.165) is 25.7 Å². The van der Waals surface area contributed by atoms with Crippen molar-refractivity contribution in [3.05, 3.63) is 58.9 Å². The van der Waals surface area contributed by atoms with E-state index in [4.69, 9.17) is 10.3 Å². The molecule has 0 aliphatic heterocycles. The summed E-state index contributed by atoms with van der Waals surface area (Å²) in [6.07, 6.45) is 6.64. The fraction of sp³-hybridized carbons (Fsp3) is 0.407. The number of aromatic nitrogens is 5. The molecule has 0 radical (unpaired) electrons. The fourth-order valence-electron chi connectivity index (χ4n) is 5.37. The van der Waals surface area contributed by atoms with Crippen molar-refractivity contribution in [1.82, 2.24) is 30.0 Å². The molecule has 4 aromatic rings. The molecule has 1 atom stereocenters. The summed E-state index contributed by atoms with van der Waals surface area (Å²) >= 11 is 0. The summed E-state index contributed by atoms with van der Waals surface area (Å²) in [7, 11) is 3.19. The number of aromatic amines is 1. The average Bonchev–Trinajstić information content (AvgIpc) is 3.49. The molecule has 5 rings (SSSR count). The number of nitrogens with zero attached hydrogens (tertiary/aromatic N) is 5. The van der Waals surface area contributed by atoms with Crippen LogP contribution in [0.1, 0.15) is 76.6 Å². The molecule has 1 aromatic carbocycles. The van der Waals surface area contributed by atoms with Crippen LogP contribution in [0.5, 0.6) is 0 Å². The Morgan fingerprint density at radius 3 is 2.55 bits per heavy atom. The molecule has 3 heterocycles. The molecule has 1 aliphatic carbocycles. The first kappa shape index (κ1) is 25.5. The minimum atomic E-state index is -0.627. The normalized spacial score (nSPS) is 18.4. The molecule has 1 saturated carbocycles. The highest BCUT2D eigenvalue weighted by Crippen LogP contribution is 2.43. The molecule has 11 heteroatoms. The van der Waals surface area contributed by atoms with E-state index in [1.54, 1.807) is 33.2 Å². The van der Waals surface area contributed by atoms with Gasteiger partial charge in [-0.05, 0) is 43.7 Å². The number of rotatable bonds is 6. The largest absolute Gasteiger partial charge is 0.365 e. The van der Waals surface area contributed by atoms with Crippen LogP contribution in [0.15, 0.2) is 29.0 Å². The lowest BCUT2D eigenvalue weighted by Crippen LogP contribution is -2.24. The molecule has 10 nitrogen and oxygen atoms in total. The lowest BCUT2D eigenvalue weighted by molar-refractivity contribution is 0.0822. The molecule has 3 aromatic heterocycles. The summed E-state index contributed by atoms with van der Waals surface area (Å²) in [5.41, 5.74) is 7.20. The van der Waals surface area contributed by atoms with Crippen LogP contribution >= 0.6 is 0 Å². The monoisotopic (exact) mass is 519 g/mol. The van der Waals surface area contributed by atoms with E-state index in [1.807, 2.05) is 0 Å². The molecule has 0 saturated heterocycles. The van der Waals surface area contributed by atoms with E-state index in [0.29, 0.717) is 28.7 Å². The summed E-state index contributed by atoms with van der Waals surface area (Å²) in [6.45, 7) is 3.89. The molecule has 1 fully saturated rings. The highest BCUT2D eigenvalue weighted by atomic mass is 19.1. The third-order valence-electron chi connectivity index (χ3n) is 7.42. The van der Waals surface area contributed by atoms with Gasteiger partial charge in [0.15, 0.2) is 17.3 Å². The number of aryl methyl sites for hydroxylation is 1. The molecule has 3 N–H and O–H groups in total. The first-order valence-electron chi connectivity index (χ1n) is 12.6. The third kappa shape index (κ3) is 4.42. The summed E-state index contributed by atoms with van der Waals surface area (Å²) in [4.78, 5) is 42.7. The van der Waals surface area contributed by atoms with Crippen molar-refractivity contribution in [3.8, 4) is 11.3 Å². The SMILES string of the molecule is Cc1noc([C@H](c2nc3c(F)c(-c4nccnc4C(=O)N(C)C)ccc3[nH]2)C2CCC(C)CC2)c1C(N)=O. The standard InChI is InChI=1S/C27H30FN7O3/c1-13-5-7-15(8-6-13)19(24-18(25(29)36)14(2)34-38-24)26-32-17-10-9-16(20(28)22(17)33-26)21-23(27(37)35(3)4)31-12-11-30-21/h9-13,15,19H,5-8H2,1-4H3,(H2,29,36)(H,32,33)/t13?,15?,19-/m1/s1. The highest BCUT2D eigenvalue weighted by molar-refractivity contribution is 5.98. The van der Waals surface area contributed by atoms with Crippen LogP contribution in [0.25, 0.3) is 22.3 Å². The minimum absolute atomic E-state index is 0.0453. The topological polar surface area (TPSA) is 144 Å². The molecular weight excluding hydrogens is 489 g/mol. The van der Waals surface area contributed by atoms with Crippen LogP contribution in [0.2, 0.25) is 0 Å². The van der Waals surface area contributed by atoms with Crippen molar-refractivity contribution in [3.63, 3.8) is 0 Å². The highest BCUT2D eigenvalue weighted by Gasteiger charge is 2.37. The number of amides is 2. The van der Waals surface area contributed by atoms with Gasteiger partial charge in [-0.2, -0.15) is 0 Å². The van der Waals surface area contributed by atoms with Gasteiger partial charge in [-0.3, -0.25) is 14.6 Å². The Balaban J connectivity index is 1.64. The zero-order valence-corrected chi connectivity index (χ0v) is 21.8. The van der Waals surface area contributed by atoms with Gasteiger partial charge in [-0.25, -0.2) is 14.4 Å². The van der Waals surface area contributed by atoms with Gasteiger partial charge < -0.3 is 20.1 Å². The van der Waals surface area contributed by atoms with Gasteiger partial charge >= 0.3 is 0 Å². The van der Waals surface area contributed by atoms with Gasteiger partial charge in [-0.1, -0.05) is 24.9 Å². The van der Waals surface area contributed by atoms with Gasteiger partial charge in [0.25, 0.3) is 11.8 Å². The van der Waals surface area contributed by atoms with Gasteiger partial charge in [-0.15, -0.1) is 0 Å². The molecule has 2 amide bonds. The second kappa shape index (κ2) is 9.96. The van der Waals surface area contributed by atoms with Crippen LogP contribution in [-0.4, -0.2) is 55.9 Å². The summed E-state index contributed by atoms with van der Waals surface area (Å²) in [6, 6.07) is 3.25. The fourth-order valence-corrected chi connectivity index (χ4v) is 5.37. The van der Waals surface area contributed by atoms with Gasteiger partial charge in [0.05, 0.1) is 17.1 Å². The molecule has 1 aliphatic rings. The van der Waals surface area contributed by atoms with E-state index in [1.165, 1.54) is 17.3 Å². The molecule has 0 spiro atoms. The predicted octanol–water partition coefficient (Wildman–Crippen LogP) is 4.21. The number of carbonyl (C=O) groups is 2. The molecule has 0 bridgehead atoms. The zero-order valence-electron chi connectivity index (χ0n) is 21.8. The first-order valence-corrected chi connectivity index (χ1v) is 12.6. The summed E-state index contributed by atoms with van der Waals surface area (Å²) in [5, 5.41) is 4.02. The van der Waals surface area contributed by atoms with E-state index in [2.05, 4.69) is 32.0 Å². The number of carbonyl (C=O) groups excluding carboxylic acids is 2. The smallest absolute Gasteiger partial charge is 0.274 e. The Labute approximate surface area is 218 Å². The van der Waals surface area contributed by atoms with Crippen molar-refractivity contribution in [2.75, 3.05) is 14.1 Å². The maximum atomic E-state index is 16.0. The number of fused-ring (bicyclic) bond motifs is 1. The zero-order chi connectivity index (χ0) is 27.1. The van der Waals surface area contributed by atoms with Crippen LogP contribution in [0.3, 0.4) is 0 Å². The average molecular weight is 520 g/mol. The van der Waals surface area contributed by atoms with Crippen molar-refractivity contribution < 1.29 is 18.5 Å². The van der Waals surface area contributed by atoms with Crippen molar-refractivity contribution in [1.29, 1.82) is 0 Å². The number of hydrogen-bond donors (Lipinski definition) is 2. The Morgan fingerprint density at radius 1 is 1.16 bits per heavy atom. The van der Waals surface area contributed by atoms with E-state index in [-0.39, 0.29) is 39.9 Å². The number of nitrogens with two attached hydrogens (primary N) is 1. The van der Waals surface area contributed by atoms with Crippen LogP contribution in [0, 0.1) is 24.6 Å². The van der Waals surface area contributed by atoms with E-state index < -0.39 is 17.6 Å². The number of benzene rings is 1. The Hall–Kier alpha value is -4.15. The van der Waals surface area contributed by atoms with Gasteiger partial charge in [0.2, 0.25) is 0 Å².